The molecular formula is C9H9F3. The van der Waals surface area contributed by atoms with Crippen molar-refractivity contribution in [1.82, 2.24) is 0 Å². The van der Waals surface area contributed by atoms with Gasteiger partial charge in [0.15, 0.2) is 0 Å². The first-order valence-corrected chi connectivity index (χ1v) is 3.60. The average Bonchev–Trinajstić information content (AvgIpc) is 1.91. The van der Waals surface area contributed by atoms with Gasteiger partial charge in [-0.1, -0.05) is 24.3 Å². The number of halogens is 3. The Morgan fingerprint density at radius 3 is 2.25 bits per heavy atom. The van der Waals surface area contributed by atoms with Crippen LogP contribution in [0.5, 0.6) is 0 Å². The van der Waals surface area contributed by atoms with Crippen molar-refractivity contribution in [3.05, 3.63) is 35.4 Å². The lowest BCUT2D eigenvalue weighted by Gasteiger charge is -2.08. The van der Waals surface area contributed by atoms with Gasteiger partial charge in [0.25, 0.3) is 0 Å². The molecule has 0 nitrogen and oxygen atoms in total. The molecule has 3 heteroatoms. The number of benzene rings is 1. The fourth-order valence-corrected chi connectivity index (χ4v) is 1.02. The molecule has 0 N–H and O–H groups in total. The van der Waals surface area contributed by atoms with Crippen molar-refractivity contribution in [2.45, 2.75) is 19.5 Å². The van der Waals surface area contributed by atoms with E-state index >= 15 is 0 Å². The molecule has 0 aromatic heterocycles. The number of alkyl halides is 3. The molecule has 66 valence electrons. The lowest BCUT2D eigenvalue weighted by atomic mass is 10.1. The van der Waals surface area contributed by atoms with E-state index in [0.717, 1.165) is 0 Å². The highest BCUT2D eigenvalue weighted by atomic mass is 19.4. The molecule has 0 unspecified atom stereocenters. The topological polar surface area (TPSA) is 0 Å². The number of aryl methyl sites for hydroxylation is 1. The van der Waals surface area contributed by atoms with Crippen LogP contribution < -0.4 is 0 Å². The third-order valence-electron chi connectivity index (χ3n) is 1.65. The zero-order chi connectivity index (χ0) is 9.19. The van der Waals surface area contributed by atoms with Gasteiger partial charge in [0, 0.05) is 0 Å². The molecule has 0 radical (unpaired) electrons. The van der Waals surface area contributed by atoms with E-state index in [2.05, 4.69) is 0 Å². The molecule has 0 bridgehead atoms. The second-order valence-electron chi connectivity index (χ2n) is 2.72. The smallest absolute Gasteiger partial charge is 0.171 e. The summed E-state index contributed by atoms with van der Waals surface area (Å²) in [7, 11) is 0. The molecule has 0 saturated heterocycles. The van der Waals surface area contributed by atoms with Crippen molar-refractivity contribution in [2.24, 2.45) is 0 Å². The van der Waals surface area contributed by atoms with Gasteiger partial charge in [-0.25, -0.2) is 0 Å². The van der Waals surface area contributed by atoms with Crippen molar-refractivity contribution >= 4 is 0 Å². The third kappa shape index (κ3) is 2.57. The van der Waals surface area contributed by atoms with Gasteiger partial charge in [-0.2, -0.15) is 13.2 Å². The SMILES string of the molecule is Cc1ccccc1CC(F)(F)F. The van der Waals surface area contributed by atoms with Gasteiger partial charge in [0.1, 0.15) is 0 Å². The minimum atomic E-state index is -4.11. The summed E-state index contributed by atoms with van der Waals surface area (Å²) in [5.74, 6) is 0. The Balaban J connectivity index is 2.83. The molecule has 0 aliphatic heterocycles. The summed E-state index contributed by atoms with van der Waals surface area (Å²) in [4.78, 5) is 0. The number of rotatable bonds is 1. The van der Waals surface area contributed by atoms with Crippen LogP contribution in [0.2, 0.25) is 0 Å². The fraction of sp³-hybridized carbons (Fsp3) is 0.333. The highest BCUT2D eigenvalue weighted by Crippen LogP contribution is 2.22. The second kappa shape index (κ2) is 3.17. The van der Waals surface area contributed by atoms with E-state index in [0.29, 0.717) is 11.1 Å². The van der Waals surface area contributed by atoms with E-state index in [4.69, 9.17) is 0 Å². The Bertz CT molecular complexity index is 263. The normalized spacial score (nSPS) is 11.7. The summed E-state index contributed by atoms with van der Waals surface area (Å²) in [5.41, 5.74) is 1.04. The van der Waals surface area contributed by atoms with E-state index in [9.17, 15) is 13.2 Å². The molecule has 1 aromatic carbocycles. The van der Waals surface area contributed by atoms with Crippen LogP contribution in [0.1, 0.15) is 11.1 Å². The summed E-state index contributed by atoms with van der Waals surface area (Å²) >= 11 is 0. The van der Waals surface area contributed by atoms with Gasteiger partial charge < -0.3 is 0 Å². The predicted octanol–water partition coefficient (Wildman–Crippen LogP) is 3.10. The molecule has 0 heterocycles. The van der Waals surface area contributed by atoms with Crippen molar-refractivity contribution < 1.29 is 13.2 Å². The van der Waals surface area contributed by atoms with Crippen LogP contribution in [0.15, 0.2) is 24.3 Å². The Kier molecular flexibility index (Phi) is 2.40. The molecule has 1 aromatic rings. The summed E-state index contributed by atoms with van der Waals surface area (Å²) in [6.07, 6.45) is -4.94. The largest absolute Gasteiger partial charge is 0.393 e. The monoisotopic (exact) mass is 174 g/mol. The van der Waals surface area contributed by atoms with Gasteiger partial charge >= 0.3 is 6.18 Å². The summed E-state index contributed by atoms with van der Waals surface area (Å²) in [6.45, 7) is 1.68. The van der Waals surface area contributed by atoms with Crippen molar-refractivity contribution in [2.75, 3.05) is 0 Å². The van der Waals surface area contributed by atoms with Crippen LogP contribution in [0.3, 0.4) is 0 Å². The predicted molar refractivity (Wildman–Crippen MR) is 40.9 cm³/mol. The summed E-state index contributed by atoms with van der Waals surface area (Å²) < 4.78 is 35.8. The van der Waals surface area contributed by atoms with Crippen LogP contribution in [0.25, 0.3) is 0 Å². The van der Waals surface area contributed by atoms with Crippen LogP contribution in [-0.2, 0) is 6.42 Å². The van der Waals surface area contributed by atoms with Gasteiger partial charge in [-0.3, -0.25) is 0 Å². The van der Waals surface area contributed by atoms with Crippen molar-refractivity contribution in [1.29, 1.82) is 0 Å². The van der Waals surface area contributed by atoms with Crippen LogP contribution in [0, 0.1) is 6.92 Å². The molecule has 0 spiro atoms. The van der Waals surface area contributed by atoms with Gasteiger partial charge in [-0.15, -0.1) is 0 Å². The molecule has 1 rings (SSSR count). The number of hydrogen-bond acceptors (Lipinski definition) is 0. The minimum absolute atomic E-state index is 0.352. The molecule has 0 atom stereocenters. The molecular weight excluding hydrogens is 165 g/mol. The van der Waals surface area contributed by atoms with Gasteiger partial charge in [0.2, 0.25) is 0 Å². The fourth-order valence-electron chi connectivity index (χ4n) is 1.02. The third-order valence-corrected chi connectivity index (χ3v) is 1.65. The number of hydrogen-bond donors (Lipinski definition) is 0. The van der Waals surface area contributed by atoms with Crippen LogP contribution in [-0.4, -0.2) is 6.18 Å². The maximum absolute atomic E-state index is 11.9. The quantitative estimate of drug-likeness (QED) is 0.613. The Labute approximate surface area is 69.0 Å². The first-order chi connectivity index (χ1) is 5.49. The highest BCUT2D eigenvalue weighted by molar-refractivity contribution is 5.26. The highest BCUT2D eigenvalue weighted by Gasteiger charge is 2.27. The lowest BCUT2D eigenvalue weighted by Crippen LogP contribution is -2.12. The molecule has 0 aliphatic rings. The first kappa shape index (κ1) is 9.10. The van der Waals surface area contributed by atoms with Crippen molar-refractivity contribution in [3.8, 4) is 0 Å². The zero-order valence-electron chi connectivity index (χ0n) is 6.65. The molecule has 0 aliphatic carbocycles. The molecule has 0 amide bonds. The molecule has 0 saturated carbocycles. The van der Waals surface area contributed by atoms with E-state index in [1.165, 1.54) is 6.07 Å². The van der Waals surface area contributed by atoms with Crippen LogP contribution in [0.4, 0.5) is 13.2 Å². The zero-order valence-corrected chi connectivity index (χ0v) is 6.65. The van der Waals surface area contributed by atoms with E-state index in [1.807, 2.05) is 0 Å². The minimum Gasteiger partial charge on any atom is -0.171 e. The van der Waals surface area contributed by atoms with Gasteiger partial charge in [-0.05, 0) is 18.1 Å². The van der Waals surface area contributed by atoms with Crippen molar-refractivity contribution in [3.63, 3.8) is 0 Å². The lowest BCUT2D eigenvalue weighted by molar-refractivity contribution is -0.127. The van der Waals surface area contributed by atoms with Gasteiger partial charge in [0.05, 0.1) is 6.42 Å². The summed E-state index contributed by atoms with van der Waals surface area (Å²) in [6, 6.07) is 6.53. The standard InChI is InChI=1S/C9H9F3/c1-7-4-2-3-5-8(7)6-9(10,11)12/h2-5H,6H2,1H3. The van der Waals surface area contributed by atoms with Crippen LogP contribution >= 0.6 is 0 Å². The maximum atomic E-state index is 11.9. The van der Waals surface area contributed by atoms with E-state index in [1.54, 1.807) is 25.1 Å². The second-order valence-corrected chi connectivity index (χ2v) is 2.72. The molecule has 12 heavy (non-hydrogen) atoms. The Morgan fingerprint density at radius 2 is 1.75 bits per heavy atom. The Morgan fingerprint density at radius 1 is 1.17 bits per heavy atom. The molecule has 0 fully saturated rings. The van der Waals surface area contributed by atoms with E-state index < -0.39 is 12.6 Å². The maximum Gasteiger partial charge on any atom is 0.393 e. The average molecular weight is 174 g/mol. The van der Waals surface area contributed by atoms with E-state index in [-0.39, 0.29) is 0 Å². The Hall–Kier alpha value is -0.990. The first-order valence-electron chi connectivity index (χ1n) is 3.60. The summed E-state index contributed by atoms with van der Waals surface area (Å²) in [5, 5.41) is 0.